The van der Waals surface area contributed by atoms with Gasteiger partial charge in [0.25, 0.3) is 0 Å². The van der Waals surface area contributed by atoms with Crippen LogP contribution in [0.5, 0.6) is 0 Å². The number of ether oxygens (including phenoxy) is 2. The van der Waals surface area contributed by atoms with Crippen LogP contribution in [0.25, 0.3) is 0 Å². The summed E-state index contributed by atoms with van der Waals surface area (Å²) in [6, 6.07) is 9.56. The van der Waals surface area contributed by atoms with Crippen LogP contribution in [0.2, 0.25) is 0 Å². The fourth-order valence-corrected chi connectivity index (χ4v) is 1.44. The molecule has 0 unspecified atom stereocenters. The molecule has 0 aliphatic carbocycles. The van der Waals surface area contributed by atoms with Gasteiger partial charge in [-0.05, 0) is 26.3 Å². The predicted octanol–water partition coefficient (Wildman–Crippen LogP) is 2.36. The maximum absolute atomic E-state index is 11.9. The molecule has 0 heterocycles. The third-order valence-electron chi connectivity index (χ3n) is 2.83. The molecule has 1 rings (SSSR count). The number of benzene rings is 1. The van der Waals surface area contributed by atoms with E-state index in [1.807, 2.05) is 30.3 Å². The zero-order valence-electron chi connectivity index (χ0n) is 11.6. The highest BCUT2D eigenvalue weighted by atomic mass is 16.5. The molecule has 0 spiro atoms. The predicted molar refractivity (Wildman–Crippen MR) is 71.5 cm³/mol. The molecule has 0 saturated heterocycles. The Kier molecular flexibility index (Phi) is 5.70. The molecule has 0 amide bonds. The van der Waals surface area contributed by atoms with Crippen LogP contribution in [0.1, 0.15) is 26.3 Å². The number of carbonyl (C=O) groups excluding carboxylic acids is 2. The third kappa shape index (κ3) is 4.48. The van der Waals surface area contributed by atoms with Crippen molar-refractivity contribution in [1.29, 1.82) is 0 Å². The molecular formula is C15H20O4. The number of esters is 1. The van der Waals surface area contributed by atoms with Crippen LogP contribution in [0, 0.1) is 5.41 Å². The lowest BCUT2D eigenvalue weighted by Crippen LogP contribution is -2.37. The molecule has 0 aromatic heterocycles. The highest BCUT2D eigenvalue weighted by Gasteiger charge is 2.37. The van der Waals surface area contributed by atoms with Gasteiger partial charge in [0, 0.05) is 0 Å². The molecule has 1 aromatic carbocycles. The lowest BCUT2D eigenvalue weighted by Gasteiger charge is -2.20. The molecular weight excluding hydrogens is 244 g/mol. The summed E-state index contributed by atoms with van der Waals surface area (Å²) in [6.45, 7) is 5.34. The van der Waals surface area contributed by atoms with Crippen molar-refractivity contribution in [2.75, 3.05) is 13.2 Å². The van der Waals surface area contributed by atoms with Gasteiger partial charge in [0.05, 0.1) is 13.2 Å². The largest absolute Gasteiger partial charge is 0.465 e. The van der Waals surface area contributed by atoms with Crippen molar-refractivity contribution in [3.8, 4) is 0 Å². The van der Waals surface area contributed by atoms with Crippen molar-refractivity contribution in [3.05, 3.63) is 35.9 Å². The lowest BCUT2D eigenvalue weighted by atomic mass is 9.88. The minimum Gasteiger partial charge on any atom is -0.465 e. The normalized spacial score (nSPS) is 11.1. The van der Waals surface area contributed by atoms with Gasteiger partial charge in [-0.1, -0.05) is 30.3 Å². The molecule has 0 radical (unpaired) electrons. The van der Waals surface area contributed by atoms with Crippen LogP contribution in [0.3, 0.4) is 0 Å². The average Bonchev–Trinajstić information content (AvgIpc) is 2.40. The van der Waals surface area contributed by atoms with E-state index in [2.05, 4.69) is 0 Å². The van der Waals surface area contributed by atoms with Crippen LogP contribution >= 0.6 is 0 Å². The maximum atomic E-state index is 11.9. The van der Waals surface area contributed by atoms with Crippen molar-refractivity contribution in [2.24, 2.45) is 5.41 Å². The van der Waals surface area contributed by atoms with Gasteiger partial charge in [-0.3, -0.25) is 9.59 Å². The Morgan fingerprint density at radius 3 is 2.37 bits per heavy atom. The smallest absolute Gasteiger partial charge is 0.319 e. The van der Waals surface area contributed by atoms with E-state index < -0.39 is 11.4 Å². The average molecular weight is 264 g/mol. The molecule has 1 aromatic rings. The summed E-state index contributed by atoms with van der Waals surface area (Å²) < 4.78 is 10.2. The van der Waals surface area contributed by atoms with E-state index in [0.717, 1.165) is 5.56 Å². The number of hydrogen-bond donors (Lipinski definition) is 0. The number of Topliss-reactive ketones (excluding diaryl/α,β-unsaturated/α-hetero) is 1. The van der Waals surface area contributed by atoms with Crippen LogP contribution in [-0.4, -0.2) is 25.0 Å². The molecule has 19 heavy (non-hydrogen) atoms. The van der Waals surface area contributed by atoms with Crippen molar-refractivity contribution in [2.45, 2.75) is 27.4 Å². The van der Waals surface area contributed by atoms with E-state index in [-0.39, 0.29) is 19.0 Å². The fraction of sp³-hybridized carbons (Fsp3) is 0.467. The molecule has 0 aliphatic rings. The maximum Gasteiger partial charge on any atom is 0.319 e. The topological polar surface area (TPSA) is 52.6 Å². The van der Waals surface area contributed by atoms with Gasteiger partial charge in [-0.15, -0.1) is 0 Å². The van der Waals surface area contributed by atoms with Crippen molar-refractivity contribution in [3.63, 3.8) is 0 Å². The first kappa shape index (κ1) is 15.4. The Morgan fingerprint density at radius 1 is 1.16 bits per heavy atom. The molecule has 0 fully saturated rings. The molecule has 0 saturated carbocycles. The summed E-state index contributed by atoms with van der Waals surface area (Å²) in [7, 11) is 0. The summed E-state index contributed by atoms with van der Waals surface area (Å²) in [5, 5.41) is 0. The monoisotopic (exact) mass is 264 g/mol. The summed E-state index contributed by atoms with van der Waals surface area (Å²) in [5.41, 5.74) is -0.170. The van der Waals surface area contributed by atoms with Crippen molar-refractivity contribution >= 4 is 11.8 Å². The Hall–Kier alpha value is -1.68. The van der Waals surface area contributed by atoms with E-state index in [1.165, 1.54) is 0 Å². The molecule has 0 bridgehead atoms. The quantitative estimate of drug-likeness (QED) is 0.560. The number of ketones is 1. The number of rotatable bonds is 7. The van der Waals surface area contributed by atoms with Crippen LogP contribution < -0.4 is 0 Å². The first-order chi connectivity index (χ1) is 8.98. The Bertz CT molecular complexity index is 423. The SMILES string of the molecule is CCOC(=O)C(C)(C)C(=O)COCc1ccccc1. The molecule has 104 valence electrons. The number of carbonyl (C=O) groups is 2. The van der Waals surface area contributed by atoms with Crippen LogP contribution in [-0.2, 0) is 25.7 Å². The number of hydrogen-bond acceptors (Lipinski definition) is 4. The summed E-state index contributed by atoms with van der Waals surface area (Å²) in [4.78, 5) is 23.6. The minimum atomic E-state index is -1.16. The van der Waals surface area contributed by atoms with E-state index >= 15 is 0 Å². The van der Waals surface area contributed by atoms with E-state index in [1.54, 1.807) is 20.8 Å². The molecule has 0 aliphatic heterocycles. The van der Waals surface area contributed by atoms with Gasteiger partial charge in [0.1, 0.15) is 12.0 Å². The molecule has 4 heteroatoms. The van der Waals surface area contributed by atoms with E-state index in [9.17, 15) is 9.59 Å². The van der Waals surface area contributed by atoms with Gasteiger partial charge < -0.3 is 9.47 Å². The highest BCUT2D eigenvalue weighted by Crippen LogP contribution is 2.19. The Balaban J connectivity index is 2.44. The fourth-order valence-electron chi connectivity index (χ4n) is 1.44. The van der Waals surface area contributed by atoms with Crippen LogP contribution in [0.15, 0.2) is 30.3 Å². The zero-order valence-corrected chi connectivity index (χ0v) is 11.6. The van der Waals surface area contributed by atoms with Crippen molar-refractivity contribution < 1.29 is 19.1 Å². The highest BCUT2D eigenvalue weighted by molar-refractivity contribution is 6.03. The molecule has 4 nitrogen and oxygen atoms in total. The van der Waals surface area contributed by atoms with Gasteiger partial charge in [0.2, 0.25) is 0 Å². The first-order valence-electron chi connectivity index (χ1n) is 6.30. The first-order valence-corrected chi connectivity index (χ1v) is 6.30. The standard InChI is InChI=1S/C15H20O4/c1-4-19-14(17)15(2,3)13(16)11-18-10-12-8-6-5-7-9-12/h5-9H,4,10-11H2,1-3H3. The van der Waals surface area contributed by atoms with Gasteiger partial charge in [-0.25, -0.2) is 0 Å². The Morgan fingerprint density at radius 2 is 1.79 bits per heavy atom. The third-order valence-corrected chi connectivity index (χ3v) is 2.83. The zero-order chi connectivity index (χ0) is 14.3. The van der Waals surface area contributed by atoms with Crippen LogP contribution in [0.4, 0.5) is 0 Å². The van der Waals surface area contributed by atoms with Gasteiger partial charge in [-0.2, -0.15) is 0 Å². The summed E-state index contributed by atoms with van der Waals surface area (Å²) >= 11 is 0. The Labute approximate surface area is 113 Å². The van der Waals surface area contributed by atoms with Gasteiger partial charge in [0.15, 0.2) is 5.78 Å². The molecule has 0 atom stereocenters. The second-order valence-corrected chi connectivity index (χ2v) is 4.75. The summed E-state index contributed by atoms with van der Waals surface area (Å²) in [5.74, 6) is -0.787. The second-order valence-electron chi connectivity index (χ2n) is 4.75. The lowest BCUT2D eigenvalue weighted by molar-refractivity contribution is -0.159. The van der Waals surface area contributed by atoms with Crippen molar-refractivity contribution in [1.82, 2.24) is 0 Å². The van der Waals surface area contributed by atoms with Gasteiger partial charge >= 0.3 is 5.97 Å². The van der Waals surface area contributed by atoms with E-state index in [4.69, 9.17) is 9.47 Å². The summed E-state index contributed by atoms with van der Waals surface area (Å²) in [6.07, 6.45) is 0. The van der Waals surface area contributed by atoms with E-state index in [0.29, 0.717) is 6.61 Å². The minimum absolute atomic E-state index is 0.0965. The second kappa shape index (κ2) is 7.04. The molecule has 0 N–H and O–H groups in total.